The molecule has 0 aliphatic rings. The molecule has 0 bridgehead atoms. The highest BCUT2D eigenvalue weighted by Crippen LogP contribution is 2.27. The van der Waals surface area contributed by atoms with E-state index in [4.69, 9.17) is 0 Å². The first-order chi connectivity index (χ1) is 13.1. The Morgan fingerprint density at radius 3 is 2.59 bits per heavy atom. The topological polar surface area (TPSA) is 103 Å². The number of para-hydroxylation sites is 1. The largest absolute Gasteiger partial charge is 0.339 e. The van der Waals surface area contributed by atoms with E-state index in [0.29, 0.717) is 35.7 Å². The standard InChI is InChI=1S/C18H20N6O2S/c1-3-24(4-2)17(25)12-7-5-6-8-13(12)21-18(26)22-14-11-20-23-15(14)16-19-9-10-27-16/h5-11H,3-4H2,1-2H3,(H,20,23)(H2,21,22,26). The zero-order chi connectivity index (χ0) is 19.2. The average molecular weight is 384 g/mol. The molecule has 3 aromatic rings. The molecule has 0 saturated carbocycles. The van der Waals surface area contributed by atoms with Crippen molar-refractivity contribution >= 4 is 34.6 Å². The second kappa shape index (κ2) is 8.45. The number of amides is 3. The number of carbonyl (C=O) groups is 2. The third-order valence-corrected chi connectivity index (χ3v) is 4.78. The number of urea groups is 1. The van der Waals surface area contributed by atoms with E-state index >= 15 is 0 Å². The van der Waals surface area contributed by atoms with Crippen LogP contribution in [0, 0.1) is 0 Å². The molecule has 2 aromatic heterocycles. The number of carbonyl (C=O) groups excluding carboxylic acids is 2. The quantitative estimate of drug-likeness (QED) is 0.603. The van der Waals surface area contributed by atoms with Gasteiger partial charge >= 0.3 is 6.03 Å². The van der Waals surface area contributed by atoms with E-state index in [1.54, 1.807) is 35.4 Å². The van der Waals surface area contributed by atoms with Crippen LogP contribution in [0.2, 0.25) is 0 Å². The fourth-order valence-electron chi connectivity index (χ4n) is 2.63. The number of benzene rings is 1. The monoisotopic (exact) mass is 384 g/mol. The molecule has 8 nitrogen and oxygen atoms in total. The lowest BCUT2D eigenvalue weighted by molar-refractivity contribution is 0.0774. The summed E-state index contributed by atoms with van der Waals surface area (Å²) in [5.74, 6) is -0.123. The molecule has 9 heteroatoms. The zero-order valence-corrected chi connectivity index (χ0v) is 15.8. The summed E-state index contributed by atoms with van der Waals surface area (Å²) < 4.78 is 0. The van der Waals surface area contributed by atoms with Crippen molar-refractivity contribution in [3.8, 4) is 10.7 Å². The van der Waals surface area contributed by atoms with E-state index in [9.17, 15) is 9.59 Å². The SMILES string of the molecule is CCN(CC)C(=O)c1ccccc1NC(=O)Nc1cn[nH]c1-c1nccs1. The van der Waals surface area contributed by atoms with Crippen LogP contribution in [0.25, 0.3) is 10.7 Å². The van der Waals surface area contributed by atoms with Gasteiger partial charge in [0.2, 0.25) is 0 Å². The molecule has 0 aliphatic heterocycles. The average Bonchev–Trinajstić information content (AvgIpc) is 3.34. The van der Waals surface area contributed by atoms with E-state index in [-0.39, 0.29) is 5.91 Å². The third kappa shape index (κ3) is 4.14. The molecule has 2 heterocycles. The maximum Gasteiger partial charge on any atom is 0.323 e. The minimum atomic E-state index is -0.464. The fourth-order valence-corrected chi connectivity index (χ4v) is 3.27. The molecule has 0 saturated heterocycles. The number of hydrogen-bond acceptors (Lipinski definition) is 5. The van der Waals surface area contributed by atoms with Gasteiger partial charge in [-0.25, -0.2) is 9.78 Å². The number of aromatic amines is 1. The van der Waals surface area contributed by atoms with Crippen LogP contribution in [0.4, 0.5) is 16.2 Å². The summed E-state index contributed by atoms with van der Waals surface area (Å²) >= 11 is 1.44. The zero-order valence-electron chi connectivity index (χ0n) is 15.0. The van der Waals surface area contributed by atoms with Gasteiger partial charge in [0.1, 0.15) is 10.7 Å². The number of anilines is 2. The van der Waals surface area contributed by atoms with Crippen LogP contribution in [-0.4, -0.2) is 45.1 Å². The predicted octanol–water partition coefficient (Wildman–Crippen LogP) is 3.66. The molecule has 3 amide bonds. The molecule has 140 valence electrons. The number of aromatic nitrogens is 3. The number of thiazole rings is 1. The summed E-state index contributed by atoms with van der Waals surface area (Å²) in [6.45, 7) is 5.04. The molecule has 0 atom stereocenters. The summed E-state index contributed by atoms with van der Waals surface area (Å²) in [7, 11) is 0. The molecule has 0 aliphatic carbocycles. The van der Waals surface area contributed by atoms with Gasteiger partial charge in [0, 0.05) is 24.7 Å². The highest BCUT2D eigenvalue weighted by atomic mass is 32.1. The molecule has 0 spiro atoms. The van der Waals surface area contributed by atoms with Gasteiger partial charge in [-0.1, -0.05) is 12.1 Å². The molecule has 27 heavy (non-hydrogen) atoms. The van der Waals surface area contributed by atoms with Gasteiger partial charge in [-0.2, -0.15) is 5.10 Å². The molecular formula is C18H20N6O2S. The number of rotatable bonds is 6. The van der Waals surface area contributed by atoms with E-state index in [2.05, 4.69) is 25.8 Å². The molecular weight excluding hydrogens is 364 g/mol. The highest BCUT2D eigenvalue weighted by Gasteiger charge is 2.18. The van der Waals surface area contributed by atoms with Crippen LogP contribution in [0.1, 0.15) is 24.2 Å². The van der Waals surface area contributed by atoms with Crippen molar-refractivity contribution in [2.45, 2.75) is 13.8 Å². The number of hydrogen-bond donors (Lipinski definition) is 3. The highest BCUT2D eigenvalue weighted by molar-refractivity contribution is 7.13. The Kier molecular flexibility index (Phi) is 5.82. The second-order valence-corrected chi connectivity index (χ2v) is 6.49. The van der Waals surface area contributed by atoms with Crippen LogP contribution >= 0.6 is 11.3 Å². The maximum atomic E-state index is 12.7. The molecule has 3 N–H and O–H groups in total. The Hall–Kier alpha value is -3.20. The van der Waals surface area contributed by atoms with Crippen LogP contribution in [0.15, 0.2) is 42.0 Å². The summed E-state index contributed by atoms with van der Waals surface area (Å²) in [6.07, 6.45) is 3.20. The minimum absolute atomic E-state index is 0.123. The predicted molar refractivity (Wildman–Crippen MR) is 106 cm³/mol. The van der Waals surface area contributed by atoms with Crippen molar-refractivity contribution in [3.05, 3.63) is 47.6 Å². The van der Waals surface area contributed by atoms with Crippen LogP contribution in [0.5, 0.6) is 0 Å². The Bertz CT molecular complexity index is 918. The first kappa shape index (κ1) is 18.6. The molecule has 1 aromatic carbocycles. The summed E-state index contributed by atoms with van der Waals surface area (Å²) in [6, 6.07) is 6.49. The Balaban J connectivity index is 1.76. The van der Waals surface area contributed by atoms with Crippen LogP contribution < -0.4 is 10.6 Å². The first-order valence-corrected chi connectivity index (χ1v) is 9.41. The first-order valence-electron chi connectivity index (χ1n) is 8.53. The second-order valence-electron chi connectivity index (χ2n) is 5.60. The summed E-state index contributed by atoms with van der Waals surface area (Å²) in [5.41, 5.74) is 2.04. The Morgan fingerprint density at radius 1 is 1.15 bits per heavy atom. The van der Waals surface area contributed by atoms with Crippen molar-refractivity contribution in [2.24, 2.45) is 0 Å². The van der Waals surface area contributed by atoms with E-state index in [0.717, 1.165) is 5.01 Å². The van der Waals surface area contributed by atoms with E-state index in [1.807, 2.05) is 19.2 Å². The van der Waals surface area contributed by atoms with Gasteiger partial charge in [-0.15, -0.1) is 11.3 Å². The Morgan fingerprint density at radius 2 is 1.89 bits per heavy atom. The fraction of sp³-hybridized carbons (Fsp3) is 0.222. The molecule has 0 fully saturated rings. The minimum Gasteiger partial charge on any atom is -0.339 e. The van der Waals surface area contributed by atoms with Crippen molar-refractivity contribution < 1.29 is 9.59 Å². The lowest BCUT2D eigenvalue weighted by Crippen LogP contribution is -2.31. The van der Waals surface area contributed by atoms with Crippen molar-refractivity contribution in [2.75, 3.05) is 23.7 Å². The lowest BCUT2D eigenvalue weighted by atomic mass is 10.1. The van der Waals surface area contributed by atoms with Gasteiger partial charge in [0.15, 0.2) is 0 Å². The van der Waals surface area contributed by atoms with Crippen molar-refractivity contribution in [3.63, 3.8) is 0 Å². The van der Waals surface area contributed by atoms with Gasteiger partial charge < -0.3 is 15.5 Å². The number of nitrogens with zero attached hydrogens (tertiary/aromatic N) is 3. The van der Waals surface area contributed by atoms with Crippen molar-refractivity contribution in [1.29, 1.82) is 0 Å². The van der Waals surface area contributed by atoms with Gasteiger partial charge in [-0.3, -0.25) is 9.89 Å². The van der Waals surface area contributed by atoms with E-state index < -0.39 is 6.03 Å². The number of nitrogens with one attached hydrogen (secondary N) is 3. The van der Waals surface area contributed by atoms with Gasteiger partial charge in [0.05, 0.1) is 23.1 Å². The smallest absolute Gasteiger partial charge is 0.323 e. The summed E-state index contributed by atoms with van der Waals surface area (Å²) in [4.78, 5) is 31.1. The third-order valence-electron chi connectivity index (χ3n) is 3.99. The van der Waals surface area contributed by atoms with Crippen LogP contribution in [0.3, 0.4) is 0 Å². The molecule has 3 rings (SSSR count). The Labute approximate surface area is 160 Å². The normalized spacial score (nSPS) is 10.4. The van der Waals surface area contributed by atoms with Gasteiger partial charge in [-0.05, 0) is 26.0 Å². The van der Waals surface area contributed by atoms with Crippen LogP contribution in [-0.2, 0) is 0 Å². The maximum absolute atomic E-state index is 12.7. The van der Waals surface area contributed by atoms with Crippen molar-refractivity contribution in [1.82, 2.24) is 20.1 Å². The lowest BCUT2D eigenvalue weighted by Gasteiger charge is -2.20. The van der Waals surface area contributed by atoms with Gasteiger partial charge in [0.25, 0.3) is 5.91 Å². The number of H-pyrrole nitrogens is 1. The molecule has 0 unspecified atom stereocenters. The molecule has 0 radical (unpaired) electrons. The summed E-state index contributed by atoms with van der Waals surface area (Å²) in [5, 5.41) is 14.9. The van der Waals surface area contributed by atoms with E-state index in [1.165, 1.54) is 17.5 Å².